The van der Waals surface area contributed by atoms with E-state index in [9.17, 15) is 0 Å². The van der Waals surface area contributed by atoms with E-state index in [2.05, 4.69) is 17.1 Å². The highest BCUT2D eigenvalue weighted by Gasteiger charge is 2.22. The molecule has 1 heterocycles. The molecular weight excluding hydrogens is 443 g/mol. The molecule has 0 saturated carbocycles. The van der Waals surface area contributed by atoms with Crippen LogP contribution in [0.4, 0.5) is 0 Å². The normalized spacial score (nSPS) is 16.8. The topological polar surface area (TPSA) is 33.7 Å². The lowest BCUT2D eigenvalue weighted by Gasteiger charge is -2.23. The first kappa shape index (κ1) is 23.5. The third-order valence-electron chi connectivity index (χ3n) is 5.37. The van der Waals surface area contributed by atoms with Gasteiger partial charge in [0.15, 0.2) is 11.5 Å². The molecule has 1 atom stereocenters. The maximum Gasteiger partial charge on any atom is 0.180 e. The molecule has 1 aliphatic heterocycles. The number of likely N-dealkylation sites (tertiary alicyclic amines) is 1. The van der Waals surface area contributed by atoms with Crippen LogP contribution in [0.1, 0.15) is 37.8 Å². The number of hydrogen-bond donors (Lipinski definition) is 1. The first-order valence-corrected chi connectivity index (χ1v) is 11.6. The molecule has 2 aromatic rings. The Bertz CT molecular complexity index is 847. The minimum atomic E-state index is 0.280. The quantitative estimate of drug-likeness (QED) is 0.447. The zero-order valence-corrected chi connectivity index (χ0v) is 19.8. The Morgan fingerprint density at radius 2 is 1.90 bits per heavy atom. The molecule has 1 fully saturated rings. The Morgan fingerprint density at radius 3 is 2.63 bits per heavy atom. The van der Waals surface area contributed by atoms with Crippen LogP contribution >= 0.6 is 34.8 Å². The molecule has 1 aliphatic rings. The Labute approximate surface area is 194 Å². The number of likely N-dealkylation sites (N-methyl/N-ethyl adjacent to an activating group) is 1. The van der Waals surface area contributed by atoms with Crippen molar-refractivity contribution in [2.75, 3.05) is 26.2 Å². The first-order valence-electron chi connectivity index (χ1n) is 10.5. The average molecular weight is 472 g/mol. The van der Waals surface area contributed by atoms with Gasteiger partial charge in [-0.3, -0.25) is 4.90 Å². The van der Waals surface area contributed by atoms with Gasteiger partial charge in [0.05, 0.1) is 11.6 Å². The van der Waals surface area contributed by atoms with Crippen LogP contribution in [0.15, 0.2) is 30.3 Å². The van der Waals surface area contributed by atoms with Gasteiger partial charge in [-0.15, -0.1) is 0 Å². The molecule has 0 aromatic heterocycles. The van der Waals surface area contributed by atoms with Crippen molar-refractivity contribution in [1.82, 2.24) is 10.2 Å². The maximum atomic E-state index is 6.56. The Balaban J connectivity index is 1.65. The van der Waals surface area contributed by atoms with E-state index in [0.29, 0.717) is 39.2 Å². The Hall–Kier alpha value is -1.17. The second-order valence-corrected chi connectivity index (χ2v) is 8.67. The van der Waals surface area contributed by atoms with Gasteiger partial charge in [-0.1, -0.05) is 47.8 Å². The van der Waals surface area contributed by atoms with Crippen LogP contribution in [0.2, 0.25) is 15.1 Å². The molecule has 0 radical (unpaired) electrons. The molecule has 7 heteroatoms. The fraction of sp³-hybridized carbons (Fsp3) is 0.478. The van der Waals surface area contributed by atoms with Gasteiger partial charge in [0, 0.05) is 34.7 Å². The SMILES string of the molecule is CCOc1cc(CNC[C@H]2CCCN2CC)cc(Cl)c1OCc1ccc(Cl)cc1Cl. The van der Waals surface area contributed by atoms with E-state index < -0.39 is 0 Å². The van der Waals surface area contributed by atoms with Crippen molar-refractivity contribution in [3.63, 3.8) is 0 Å². The molecule has 0 bridgehead atoms. The summed E-state index contributed by atoms with van der Waals surface area (Å²) in [5, 5.41) is 5.25. The molecule has 3 rings (SSSR count). The summed E-state index contributed by atoms with van der Waals surface area (Å²) in [6.07, 6.45) is 2.54. The number of hydrogen-bond acceptors (Lipinski definition) is 4. The van der Waals surface area contributed by atoms with E-state index in [1.165, 1.54) is 19.4 Å². The fourth-order valence-electron chi connectivity index (χ4n) is 3.84. The molecule has 1 saturated heterocycles. The summed E-state index contributed by atoms with van der Waals surface area (Å²) >= 11 is 18.8. The summed E-state index contributed by atoms with van der Waals surface area (Å²) in [5.74, 6) is 1.17. The van der Waals surface area contributed by atoms with E-state index in [1.54, 1.807) is 12.1 Å². The molecule has 0 amide bonds. The van der Waals surface area contributed by atoms with Crippen molar-refractivity contribution in [2.45, 2.75) is 45.9 Å². The van der Waals surface area contributed by atoms with Gasteiger partial charge in [0.2, 0.25) is 0 Å². The molecule has 0 aliphatic carbocycles. The highest BCUT2D eigenvalue weighted by Crippen LogP contribution is 2.37. The summed E-state index contributed by atoms with van der Waals surface area (Å²) < 4.78 is 11.8. The second-order valence-electron chi connectivity index (χ2n) is 7.42. The van der Waals surface area contributed by atoms with Crippen LogP contribution < -0.4 is 14.8 Å². The van der Waals surface area contributed by atoms with E-state index in [1.807, 2.05) is 25.1 Å². The standard InChI is InChI=1S/C23H29Cl3N2O2/c1-3-28-9-5-6-19(28)14-27-13-16-10-21(26)23(22(11-16)29-4-2)30-15-17-7-8-18(24)12-20(17)25/h7-8,10-12,19,27H,3-6,9,13-15H2,1-2H3/t19-/m1/s1. The zero-order valence-electron chi connectivity index (χ0n) is 17.5. The lowest BCUT2D eigenvalue weighted by molar-refractivity contribution is 0.259. The minimum absolute atomic E-state index is 0.280. The van der Waals surface area contributed by atoms with Gasteiger partial charge in [0.25, 0.3) is 0 Å². The highest BCUT2D eigenvalue weighted by molar-refractivity contribution is 6.35. The Kier molecular flexibility index (Phi) is 8.97. The van der Waals surface area contributed by atoms with Gasteiger partial charge in [-0.2, -0.15) is 0 Å². The first-order chi connectivity index (χ1) is 14.5. The lowest BCUT2D eigenvalue weighted by Crippen LogP contribution is -2.37. The van der Waals surface area contributed by atoms with Crippen molar-refractivity contribution in [2.24, 2.45) is 0 Å². The summed E-state index contributed by atoms with van der Waals surface area (Å²) in [7, 11) is 0. The molecule has 1 N–H and O–H groups in total. The molecule has 164 valence electrons. The Morgan fingerprint density at radius 1 is 1.07 bits per heavy atom. The molecule has 30 heavy (non-hydrogen) atoms. The summed E-state index contributed by atoms with van der Waals surface area (Å²) in [5.41, 5.74) is 1.91. The summed E-state index contributed by atoms with van der Waals surface area (Å²) in [6.45, 7) is 8.99. The van der Waals surface area contributed by atoms with Crippen molar-refractivity contribution in [3.05, 3.63) is 56.5 Å². The third-order valence-corrected chi connectivity index (χ3v) is 6.24. The van der Waals surface area contributed by atoms with Gasteiger partial charge in [0.1, 0.15) is 6.61 Å². The van der Waals surface area contributed by atoms with Gasteiger partial charge in [-0.25, -0.2) is 0 Å². The molecule has 0 spiro atoms. The summed E-state index contributed by atoms with van der Waals surface area (Å²) in [4.78, 5) is 2.53. The fourth-order valence-corrected chi connectivity index (χ4v) is 4.59. The predicted octanol–water partition coefficient (Wildman–Crippen LogP) is 6.20. The molecule has 4 nitrogen and oxygen atoms in total. The van der Waals surface area contributed by atoms with Crippen LogP contribution in [-0.2, 0) is 13.2 Å². The van der Waals surface area contributed by atoms with Crippen LogP contribution in [0, 0.1) is 0 Å². The van der Waals surface area contributed by atoms with Crippen LogP contribution in [0.3, 0.4) is 0 Å². The lowest BCUT2D eigenvalue weighted by atomic mass is 10.1. The van der Waals surface area contributed by atoms with Crippen molar-refractivity contribution >= 4 is 34.8 Å². The smallest absolute Gasteiger partial charge is 0.180 e. The minimum Gasteiger partial charge on any atom is -0.490 e. The number of rotatable bonds is 10. The van der Waals surface area contributed by atoms with E-state index in [4.69, 9.17) is 44.3 Å². The van der Waals surface area contributed by atoms with Crippen LogP contribution in [0.25, 0.3) is 0 Å². The monoisotopic (exact) mass is 470 g/mol. The molecular formula is C23H29Cl3N2O2. The highest BCUT2D eigenvalue weighted by atomic mass is 35.5. The van der Waals surface area contributed by atoms with Crippen molar-refractivity contribution < 1.29 is 9.47 Å². The van der Waals surface area contributed by atoms with E-state index >= 15 is 0 Å². The van der Waals surface area contributed by atoms with Crippen molar-refractivity contribution in [3.8, 4) is 11.5 Å². The number of nitrogens with zero attached hydrogens (tertiary/aromatic N) is 1. The summed E-state index contributed by atoms with van der Waals surface area (Å²) in [6, 6.07) is 9.88. The van der Waals surface area contributed by atoms with E-state index in [-0.39, 0.29) is 6.61 Å². The molecule has 2 aromatic carbocycles. The number of ether oxygens (including phenoxy) is 2. The predicted molar refractivity (Wildman–Crippen MR) is 125 cm³/mol. The number of benzene rings is 2. The second kappa shape index (κ2) is 11.4. The number of nitrogens with one attached hydrogen (secondary N) is 1. The largest absolute Gasteiger partial charge is 0.490 e. The van der Waals surface area contributed by atoms with Gasteiger partial charge < -0.3 is 14.8 Å². The number of halogens is 3. The maximum absolute atomic E-state index is 6.56. The van der Waals surface area contributed by atoms with Crippen LogP contribution in [-0.4, -0.2) is 37.2 Å². The van der Waals surface area contributed by atoms with Crippen LogP contribution in [0.5, 0.6) is 11.5 Å². The molecule has 0 unspecified atom stereocenters. The third kappa shape index (κ3) is 6.18. The van der Waals surface area contributed by atoms with Gasteiger partial charge >= 0.3 is 0 Å². The average Bonchev–Trinajstić information content (AvgIpc) is 3.16. The van der Waals surface area contributed by atoms with Gasteiger partial charge in [-0.05, 0) is 62.7 Å². The van der Waals surface area contributed by atoms with Crippen molar-refractivity contribution in [1.29, 1.82) is 0 Å². The van der Waals surface area contributed by atoms with E-state index in [0.717, 1.165) is 30.8 Å². The zero-order chi connectivity index (χ0) is 21.5.